The highest BCUT2D eigenvalue weighted by Gasteiger charge is 2.11. The van der Waals surface area contributed by atoms with E-state index in [-0.39, 0.29) is 10.6 Å². The number of benzene rings is 1. The summed E-state index contributed by atoms with van der Waals surface area (Å²) < 4.78 is 0. The van der Waals surface area contributed by atoms with E-state index in [1.165, 1.54) is 6.20 Å². The van der Waals surface area contributed by atoms with Crippen molar-refractivity contribution < 1.29 is 9.90 Å². The van der Waals surface area contributed by atoms with E-state index in [1.54, 1.807) is 18.2 Å². The average molecular weight is 208 g/mol. The molecule has 70 valence electrons. The fourth-order valence-corrected chi connectivity index (χ4v) is 1.55. The van der Waals surface area contributed by atoms with Crippen LogP contribution in [-0.2, 0) is 0 Å². The molecular weight excluding hydrogens is 202 g/mol. The van der Waals surface area contributed by atoms with Gasteiger partial charge in [-0.1, -0.05) is 29.8 Å². The molecule has 1 N–H and O–H groups in total. The van der Waals surface area contributed by atoms with Crippen molar-refractivity contribution >= 4 is 28.5 Å². The zero-order chi connectivity index (χ0) is 10.1. The van der Waals surface area contributed by atoms with Gasteiger partial charge in [-0.15, -0.1) is 0 Å². The summed E-state index contributed by atoms with van der Waals surface area (Å²) in [6, 6.07) is 7.15. The molecule has 0 aliphatic heterocycles. The van der Waals surface area contributed by atoms with E-state index in [2.05, 4.69) is 4.98 Å². The van der Waals surface area contributed by atoms with Gasteiger partial charge in [0, 0.05) is 11.6 Å². The van der Waals surface area contributed by atoms with Crippen LogP contribution in [0.5, 0.6) is 0 Å². The summed E-state index contributed by atoms with van der Waals surface area (Å²) in [6.07, 6.45) is 1.27. The fraction of sp³-hybridized carbons (Fsp3) is 0. The second-order valence-electron chi connectivity index (χ2n) is 2.81. The van der Waals surface area contributed by atoms with Gasteiger partial charge < -0.3 is 5.11 Å². The second kappa shape index (κ2) is 3.27. The Balaban J connectivity index is 2.81. The molecule has 0 radical (unpaired) electrons. The Kier molecular flexibility index (Phi) is 2.09. The van der Waals surface area contributed by atoms with Crippen LogP contribution in [0.2, 0.25) is 5.02 Å². The lowest BCUT2D eigenvalue weighted by molar-refractivity contribution is 0.0697. The van der Waals surface area contributed by atoms with E-state index in [0.29, 0.717) is 10.9 Å². The Morgan fingerprint density at radius 2 is 2.07 bits per heavy atom. The number of hydrogen-bond donors (Lipinski definition) is 1. The summed E-state index contributed by atoms with van der Waals surface area (Å²) in [6.45, 7) is 0. The molecule has 0 fully saturated rings. The molecule has 0 saturated heterocycles. The van der Waals surface area contributed by atoms with Crippen molar-refractivity contribution in [2.45, 2.75) is 0 Å². The standard InChI is InChI=1S/C10H6ClNO2/c11-9-6-3-1-2-4-8(6)12-5-7(9)10(13)14/h1-5H,(H,13,14). The maximum atomic E-state index is 10.7. The van der Waals surface area contributed by atoms with Crippen LogP contribution in [0.15, 0.2) is 30.5 Å². The molecule has 3 nitrogen and oxygen atoms in total. The van der Waals surface area contributed by atoms with Crippen LogP contribution >= 0.6 is 11.6 Å². The fourth-order valence-electron chi connectivity index (χ4n) is 1.26. The van der Waals surface area contributed by atoms with Crippen LogP contribution in [0.25, 0.3) is 10.9 Å². The van der Waals surface area contributed by atoms with Crippen LogP contribution in [0.4, 0.5) is 0 Å². The lowest BCUT2D eigenvalue weighted by atomic mass is 10.1. The first-order valence-electron chi connectivity index (χ1n) is 3.96. The number of aromatic carboxylic acids is 1. The van der Waals surface area contributed by atoms with Gasteiger partial charge in [-0.2, -0.15) is 0 Å². The molecule has 0 atom stereocenters. The van der Waals surface area contributed by atoms with Crippen molar-refractivity contribution in [3.05, 3.63) is 41.0 Å². The number of pyridine rings is 1. The average Bonchev–Trinajstić information content (AvgIpc) is 2.18. The van der Waals surface area contributed by atoms with Crippen molar-refractivity contribution in [1.82, 2.24) is 4.98 Å². The lowest BCUT2D eigenvalue weighted by Gasteiger charge is -2.02. The van der Waals surface area contributed by atoms with Crippen molar-refractivity contribution in [2.75, 3.05) is 0 Å². The van der Waals surface area contributed by atoms with Crippen LogP contribution in [0, 0.1) is 0 Å². The molecule has 1 aromatic carbocycles. The Hall–Kier alpha value is -1.61. The van der Waals surface area contributed by atoms with Crippen molar-refractivity contribution in [3.63, 3.8) is 0 Å². The molecule has 0 bridgehead atoms. The highest BCUT2D eigenvalue weighted by Crippen LogP contribution is 2.25. The number of fused-ring (bicyclic) bond motifs is 1. The maximum Gasteiger partial charge on any atom is 0.338 e. The van der Waals surface area contributed by atoms with Gasteiger partial charge in [-0.25, -0.2) is 4.79 Å². The summed E-state index contributed by atoms with van der Waals surface area (Å²) in [5.74, 6) is -1.06. The van der Waals surface area contributed by atoms with Gasteiger partial charge in [0.15, 0.2) is 0 Å². The first-order chi connectivity index (χ1) is 6.70. The van der Waals surface area contributed by atoms with Crippen molar-refractivity contribution in [3.8, 4) is 0 Å². The highest BCUT2D eigenvalue weighted by molar-refractivity contribution is 6.38. The van der Waals surface area contributed by atoms with Gasteiger partial charge in [0.2, 0.25) is 0 Å². The Morgan fingerprint density at radius 3 is 2.79 bits per heavy atom. The molecule has 4 heteroatoms. The largest absolute Gasteiger partial charge is 0.478 e. The van der Waals surface area contributed by atoms with E-state index in [9.17, 15) is 4.79 Å². The summed E-state index contributed by atoms with van der Waals surface area (Å²) in [5, 5.41) is 9.70. The zero-order valence-corrected chi connectivity index (χ0v) is 7.82. The van der Waals surface area contributed by atoms with E-state index in [1.807, 2.05) is 6.07 Å². The molecule has 0 aliphatic carbocycles. The van der Waals surface area contributed by atoms with E-state index in [0.717, 1.165) is 0 Å². The molecule has 0 amide bonds. The molecule has 2 aromatic rings. The number of halogens is 1. The molecule has 0 spiro atoms. The number of rotatable bonds is 1. The number of carboxylic acids is 1. The zero-order valence-electron chi connectivity index (χ0n) is 7.07. The highest BCUT2D eigenvalue weighted by atomic mass is 35.5. The topological polar surface area (TPSA) is 50.2 Å². The van der Waals surface area contributed by atoms with Crippen molar-refractivity contribution in [1.29, 1.82) is 0 Å². The molecular formula is C10H6ClNO2. The third-order valence-electron chi connectivity index (χ3n) is 1.94. The van der Waals surface area contributed by atoms with Crippen molar-refractivity contribution in [2.24, 2.45) is 0 Å². The Morgan fingerprint density at radius 1 is 1.36 bits per heavy atom. The molecule has 0 unspecified atom stereocenters. The van der Waals surface area contributed by atoms with E-state index < -0.39 is 5.97 Å². The Labute approximate surface area is 85.0 Å². The molecule has 0 aliphatic rings. The molecule has 14 heavy (non-hydrogen) atoms. The third kappa shape index (κ3) is 1.32. The first kappa shape index (κ1) is 8.97. The maximum absolute atomic E-state index is 10.7. The molecule has 1 heterocycles. The SMILES string of the molecule is O=C(O)c1cnc2ccccc2c1Cl. The van der Waals surface area contributed by atoms with Gasteiger partial charge in [-0.3, -0.25) is 4.98 Å². The number of para-hydroxylation sites is 1. The number of carboxylic acid groups (broad SMARTS) is 1. The predicted octanol–water partition coefficient (Wildman–Crippen LogP) is 2.59. The van der Waals surface area contributed by atoms with Gasteiger partial charge in [0.25, 0.3) is 0 Å². The summed E-state index contributed by atoms with van der Waals surface area (Å²) in [5.41, 5.74) is 0.730. The smallest absolute Gasteiger partial charge is 0.338 e. The Bertz CT molecular complexity index is 510. The predicted molar refractivity (Wildman–Crippen MR) is 53.7 cm³/mol. The summed E-state index contributed by atoms with van der Waals surface area (Å²) in [7, 11) is 0. The van der Waals surface area contributed by atoms with Crippen LogP contribution in [0.3, 0.4) is 0 Å². The van der Waals surface area contributed by atoms with Crippen LogP contribution in [-0.4, -0.2) is 16.1 Å². The number of aromatic nitrogens is 1. The minimum absolute atomic E-state index is 0.0327. The van der Waals surface area contributed by atoms with Gasteiger partial charge in [0.1, 0.15) is 0 Å². The summed E-state index contributed by atoms with van der Waals surface area (Å²) >= 11 is 5.92. The van der Waals surface area contributed by atoms with Gasteiger partial charge in [-0.05, 0) is 6.07 Å². The monoisotopic (exact) mass is 207 g/mol. The lowest BCUT2D eigenvalue weighted by Crippen LogP contribution is -1.98. The van der Waals surface area contributed by atoms with E-state index in [4.69, 9.17) is 16.7 Å². The number of hydrogen-bond acceptors (Lipinski definition) is 2. The third-order valence-corrected chi connectivity index (χ3v) is 2.35. The van der Waals surface area contributed by atoms with Crippen LogP contribution < -0.4 is 0 Å². The minimum atomic E-state index is -1.06. The molecule has 1 aromatic heterocycles. The quantitative estimate of drug-likeness (QED) is 0.782. The van der Waals surface area contributed by atoms with Gasteiger partial charge >= 0.3 is 5.97 Å². The number of nitrogens with zero attached hydrogens (tertiary/aromatic N) is 1. The second-order valence-corrected chi connectivity index (χ2v) is 3.19. The van der Waals surface area contributed by atoms with E-state index >= 15 is 0 Å². The normalized spacial score (nSPS) is 10.4. The molecule has 0 saturated carbocycles. The summed E-state index contributed by atoms with van der Waals surface area (Å²) in [4.78, 5) is 14.7. The minimum Gasteiger partial charge on any atom is -0.478 e. The molecule has 2 rings (SSSR count). The number of carbonyl (C=O) groups is 1. The van der Waals surface area contributed by atoms with Crippen LogP contribution in [0.1, 0.15) is 10.4 Å². The first-order valence-corrected chi connectivity index (χ1v) is 4.34. The van der Waals surface area contributed by atoms with Gasteiger partial charge in [0.05, 0.1) is 16.1 Å².